The van der Waals surface area contributed by atoms with E-state index in [1.165, 1.54) is 12.4 Å². The number of anilines is 1. The van der Waals surface area contributed by atoms with Crippen molar-refractivity contribution >= 4 is 5.82 Å². The van der Waals surface area contributed by atoms with Crippen molar-refractivity contribution in [2.24, 2.45) is 0 Å². The topological polar surface area (TPSA) is 70.3 Å². The molecule has 0 aliphatic heterocycles. The fourth-order valence-corrected chi connectivity index (χ4v) is 1.16. The van der Waals surface area contributed by atoms with Crippen LogP contribution in [-0.4, -0.2) is 17.1 Å². The number of benzene rings is 1. The molecular weight excluding hydrogens is 206 g/mol. The summed E-state index contributed by atoms with van der Waals surface area (Å²) in [5, 5.41) is 0. The maximum atomic E-state index is 5.47. The lowest BCUT2D eigenvalue weighted by atomic mass is 10.3. The molecule has 0 spiro atoms. The monoisotopic (exact) mass is 217 g/mol. The van der Waals surface area contributed by atoms with E-state index in [-0.39, 0.29) is 0 Å². The zero-order valence-electron chi connectivity index (χ0n) is 8.75. The van der Waals surface area contributed by atoms with Gasteiger partial charge in [-0.3, -0.25) is 0 Å². The van der Waals surface area contributed by atoms with E-state index >= 15 is 0 Å². The van der Waals surface area contributed by atoms with E-state index in [9.17, 15) is 0 Å². The lowest BCUT2D eigenvalue weighted by Gasteiger charge is -2.05. The van der Waals surface area contributed by atoms with E-state index in [1.807, 2.05) is 12.1 Å². The van der Waals surface area contributed by atoms with Crippen LogP contribution in [0.5, 0.6) is 17.4 Å². The molecule has 0 aliphatic carbocycles. The van der Waals surface area contributed by atoms with Gasteiger partial charge in [-0.15, -0.1) is 0 Å². The van der Waals surface area contributed by atoms with Crippen LogP contribution in [0.2, 0.25) is 0 Å². The van der Waals surface area contributed by atoms with Crippen molar-refractivity contribution in [2.75, 3.05) is 12.8 Å². The Morgan fingerprint density at radius 3 is 2.62 bits per heavy atom. The molecule has 2 aromatic rings. The third-order valence-corrected chi connectivity index (χ3v) is 1.91. The van der Waals surface area contributed by atoms with Crippen LogP contribution in [0.3, 0.4) is 0 Å². The van der Waals surface area contributed by atoms with Gasteiger partial charge in [0.1, 0.15) is 17.3 Å². The first-order chi connectivity index (χ1) is 7.78. The highest BCUT2D eigenvalue weighted by atomic mass is 16.5. The number of nitrogens with two attached hydrogens (primary N) is 1. The summed E-state index contributed by atoms with van der Waals surface area (Å²) in [7, 11) is 1.60. The zero-order chi connectivity index (χ0) is 11.4. The molecule has 5 heteroatoms. The van der Waals surface area contributed by atoms with Crippen molar-refractivity contribution in [2.45, 2.75) is 0 Å². The third kappa shape index (κ3) is 2.38. The lowest BCUT2D eigenvalue weighted by Crippen LogP contribution is -1.93. The van der Waals surface area contributed by atoms with E-state index in [2.05, 4.69) is 9.97 Å². The summed E-state index contributed by atoms with van der Waals surface area (Å²) in [6.45, 7) is 0. The minimum Gasteiger partial charge on any atom is -0.497 e. The first kappa shape index (κ1) is 10.2. The molecule has 82 valence electrons. The molecule has 1 aromatic carbocycles. The van der Waals surface area contributed by atoms with Crippen LogP contribution in [0.25, 0.3) is 0 Å². The van der Waals surface area contributed by atoms with Crippen molar-refractivity contribution in [3.8, 4) is 17.4 Å². The van der Waals surface area contributed by atoms with Crippen LogP contribution in [0.4, 0.5) is 5.82 Å². The molecule has 5 nitrogen and oxygen atoms in total. The molecule has 0 atom stereocenters. The predicted molar refractivity (Wildman–Crippen MR) is 59.5 cm³/mol. The van der Waals surface area contributed by atoms with Crippen LogP contribution >= 0.6 is 0 Å². The highest BCUT2D eigenvalue weighted by Gasteiger charge is 2.00. The minimum atomic E-state index is 0.359. The Labute approximate surface area is 92.9 Å². The van der Waals surface area contributed by atoms with Gasteiger partial charge in [0.25, 0.3) is 0 Å². The number of ether oxygens (including phenoxy) is 2. The molecule has 2 rings (SSSR count). The summed E-state index contributed by atoms with van der Waals surface area (Å²) in [5.74, 6) is 2.11. The molecule has 1 aromatic heterocycles. The molecule has 0 fully saturated rings. The molecule has 0 saturated carbocycles. The summed E-state index contributed by atoms with van der Waals surface area (Å²) in [6, 6.07) is 7.24. The molecule has 16 heavy (non-hydrogen) atoms. The first-order valence-corrected chi connectivity index (χ1v) is 4.67. The molecule has 0 bridgehead atoms. The zero-order valence-corrected chi connectivity index (χ0v) is 8.75. The molecule has 1 heterocycles. The van der Waals surface area contributed by atoms with Crippen LogP contribution in [0, 0.1) is 0 Å². The number of nitrogen functional groups attached to an aromatic ring is 1. The van der Waals surface area contributed by atoms with Crippen molar-refractivity contribution in [3.63, 3.8) is 0 Å². The highest BCUT2D eigenvalue weighted by Crippen LogP contribution is 2.23. The molecule has 0 saturated heterocycles. The number of aromatic nitrogens is 2. The maximum absolute atomic E-state index is 5.47. The fraction of sp³-hybridized carbons (Fsp3) is 0.0909. The Morgan fingerprint density at radius 2 is 1.94 bits per heavy atom. The number of nitrogens with zero attached hydrogens (tertiary/aromatic N) is 2. The minimum absolute atomic E-state index is 0.359. The van der Waals surface area contributed by atoms with Gasteiger partial charge in [-0.25, -0.2) is 9.97 Å². The quantitative estimate of drug-likeness (QED) is 0.849. The normalized spacial score (nSPS) is 9.81. The second-order valence-electron chi connectivity index (χ2n) is 3.06. The Balaban J connectivity index is 2.16. The van der Waals surface area contributed by atoms with Crippen molar-refractivity contribution in [1.82, 2.24) is 9.97 Å². The molecule has 0 unspecified atom stereocenters. The van der Waals surface area contributed by atoms with E-state index in [4.69, 9.17) is 15.2 Å². The summed E-state index contributed by atoms with van der Waals surface area (Å²) >= 11 is 0. The van der Waals surface area contributed by atoms with Gasteiger partial charge in [-0.2, -0.15) is 0 Å². The Morgan fingerprint density at radius 1 is 1.12 bits per heavy atom. The van der Waals surface area contributed by atoms with Gasteiger partial charge >= 0.3 is 0 Å². The number of hydrogen-bond donors (Lipinski definition) is 1. The van der Waals surface area contributed by atoms with Gasteiger partial charge in [-0.1, -0.05) is 6.07 Å². The van der Waals surface area contributed by atoms with Crippen molar-refractivity contribution in [1.29, 1.82) is 0 Å². The second-order valence-corrected chi connectivity index (χ2v) is 3.06. The van der Waals surface area contributed by atoms with Crippen LogP contribution in [0.15, 0.2) is 36.7 Å². The second kappa shape index (κ2) is 4.48. The smallest absolute Gasteiger partial charge is 0.237 e. The fourth-order valence-electron chi connectivity index (χ4n) is 1.16. The van der Waals surface area contributed by atoms with Gasteiger partial charge in [0.15, 0.2) is 0 Å². The van der Waals surface area contributed by atoms with Gasteiger partial charge in [0.05, 0.1) is 19.5 Å². The summed E-state index contributed by atoms with van der Waals surface area (Å²) in [4.78, 5) is 7.86. The van der Waals surface area contributed by atoms with Gasteiger partial charge in [-0.05, 0) is 12.1 Å². The SMILES string of the molecule is COc1cccc(Oc2cnc(N)cn2)c1. The molecule has 0 radical (unpaired) electrons. The Bertz CT molecular complexity index is 471. The molecule has 0 amide bonds. The molecular formula is C11H11N3O2. The standard InChI is InChI=1S/C11H11N3O2/c1-15-8-3-2-4-9(5-8)16-11-7-13-10(12)6-14-11/h2-7H,1H3,(H2,12,13). The average molecular weight is 217 g/mol. The maximum Gasteiger partial charge on any atom is 0.237 e. The predicted octanol–water partition coefficient (Wildman–Crippen LogP) is 1.86. The summed E-state index contributed by atoms with van der Waals surface area (Å²) in [5.41, 5.74) is 5.42. The molecule has 2 N–H and O–H groups in total. The highest BCUT2D eigenvalue weighted by molar-refractivity contribution is 5.35. The Kier molecular flexibility index (Phi) is 2.86. The van der Waals surface area contributed by atoms with Crippen molar-refractivity contribution < 1.29 is 9.47 Å². The van der Waals surface area contributed by atoms with Gasteiger partial charge in [0.2, 0.25) is 5.88 Å². The van der Waals surface area contributed by atoms with E-state index in [0.29, 0.717) is 17.4 Å². The van der Waals surface area contributed by atoms with E-state index in [0.717, 1.165) is 5.75 Å². The number of rotatable bonds is 3. The largest absolute Gasteiger partial charge is 0.497 e. The van der Waals surface area contributed by atoms with E-state index < -0.39 is 0 Å². The van der Waals surface area contributed by atoms with Gasteiger partial charge < -0.3 is 15.2 Å². The van der Waals surface area contributed by atoms with Crippen LogP contribution < -0.4 is 15.2 Å². The van der Waals surface area contributed by atoms with Gasteiger partial charge in [0, 0.05) is 6.07 Å². The molecule has 0 aliphatic rings. The number of hydrogen-bond acceptors (Lipinski definition) is 5. The van der Waals surface area contributed by atoms with Crippen molar-refractivity contribution in [3.05, 3.63) is 36.7 Å². The summed E-state index contributed by atoms with van der Waals surface area (Å²) in [6.07, 6.45) is 2.91. The lowest BCUT2D eigenvalue weighted by molar-refractivity contribution is 0.407. The first-order valence-electron chi connectivity index (χ1n) is 4.67. The number of methoxy groups -OCH3 is 1. The average Bonchev–Trinajstić information content (AvgIpc) is 2.32. The van der Waals surface area contributed by atoms with Crippen LogP contribution in [0.1, 0.15) is 0 Å². The third-order valence-electron chi connectivity index (χ3n) is 1.91. The summed E-state index contributed by atoms with van der Waals surface area (Å²) < 4.78 is 10.5. The van der Waals surface area contributed by atoms with Crippen LogP contribution in [-0.2, 0) is 0 Å². The Hall–Kier alpha value is -2.30. The van der Waals surface area contributed by atoms with E-state index in [1.54, 1.807) is 19.2 Å².